The Bertz CT molecular complexity index is 708. The first-order valence-corrected chi connectivity index (χ1v) is 7.93. The van der Waals surface area contributed by atoms with E-state index in [2.05, 4.69) is 19.2 Å². The van der Waals surface area contributed by atoms with E-state index in [0.717, 1.165) is 5.75 Å². The summed E-state index contributed by atoms with van der Waals surface area (Å²) in [5.74, 6) is 0.301. The first kappa shape index (κ1) is 18.3. The van der Waals surface area contributed by atoms with Crippen LogP contribution in [0.4, 0.5) is 5.69 Å². The molecule has 132 valence electrons. The summed E-state index contributed by atoms with van der Waals surface area (Å²) in [6, 6.07) is 13.4. The van der Waals surface area contributed by atoms with Gasteiger partial charge in [-0.25, -0.2) is 4.79 Å². The van der Waals surface area contributed by atoms with Crippen molar-refractivity contribution in [2.24, 2.45) is 5.92 Å². The second-order valence-electron chi connectivity index (χ2n) is 5.89. The molecule has 0 aliphatic heterocycles. The molecule has 0 bridgehead atoms. The summed E-state index contributed by atoms with van der Waals surface area (Å²) in [4.78, 5) is 22.7. The quantitative estimate of drug-likeness (QED) is 0.767. The number of benzene rings is 2. The number of hydrogen-bond acceptors (Lipinski definition) is 4. The molecule has 0 radical (unpaired) electrons. The van der Waals surface area contributed by atoms with E-state index in [4.69, 9.17) is 14.6 Å². The average Bonchev–Trinajstić information content (AvgIpc) is 2.59. The smallest absolute Gasteiger partial charge is 0.341 e. The summed E-state index contributed by atoms with van der Waals surface area (Å²) >= 11 is 0. The van der Waals surface area contributed by atoms with Gasteiger partial charge in [-0.05, 0) is 54.4 Å². The summed E-state index contributed by atoms with van der Waals surface area (Å²) in [5, 5.41) is 11.3. The molecule has 1 amide bonds. The van der Waals surface area contributed by atoms with Gasteiger partial charge in [-0.2, -0.15) is 0 Å². The van der Waals surface area contributed by atoms with Gasteiger partial charge in [0.05, 0.1) is 6.61 Å². The Hall–Kier alpha value is -3.02. The van der Waals surface area contributed by atoms with Gasteiger partial charge in [0.1, 0.15) is 11.5 Å². The third-order valence-electron chi connectivity index (χ3n) is 3.17. The van der Waals surface area contributed by atoms with Gasteiger partial charge in [0, 0.05) is 11.3 Å². The van der Waals surface area contributed by atoms with Crippen LogP contribution in [0.25, 0.3) is 0 Å². The predicted octanol–water partition coefficient (Wildman–Crippen LogP) is 3.44. The maximum atomic E-state index is 12.2. The van der Waals surface area contributed by atoms with Crippen molar-refractivity contribution in [2.75, 3.05) is 18.5 Å². The molecular weight excluding hydrogens is 322 g/mol. The number of carbonyl (C=O) groups excluding carboxylic acids is 1. The summed E-state index contributed by atoms with van der Waals surface area (Å²) in [5.41, 5.74) is 1.11. The van der Waals surface area contributed by atoms with Crippen LogP contribution in [0.2, 0.25) is 0 Å². The van der Waals surface area contributed by atoms with Gasteiger partial charge in [0.25, 0.3) is 5.91 Å². The van der Waals surface area contributed by atoms with Crippen molar-refractivity contribution in [1.29, 1.82) is 0 Å². The second-order valence-corrected chi connectivity index (χ2v) is 5.89. The maximum absolute atomic E-state index is 12.2. The van der Waals surface area contributed by atoms with Gasteiger partial charge in [0.2, 0.25) is 0 Å². The van der Waals surface area contributed by atoms with Crippen LogP contribution in [0.5, 0.6) is 11.5 Å². The number of carbonyl (C=O) groups is 2. The molecule has 0 saturated carbocycles. The fraction of sp³-hybridized carbons (Fsp3) is 0.263. The topological polar surface area (TPSA) is 84.9 Å². The lowest BCUT2D eigenvalue weighted by molar-refractivity contribution is -0.139. The van der Waals surface area contributed by atoms with Gasteiger partial charge in [-0.3, -0.25) is 4.79 Å². The van der Waals surface area contributed by atoms with Gasteiger partial charge >= 0.3 is 5.97 Å². The second kappa shape index (κ2) is 8.73. The van der Waals surface area contributed by atoms with E-state index in [0.29, 0.717) is 29.5 Å². The molecule has 25 heavy (non-hydrogen) atoms. The number of anilines is 1. The molecule has 0 fully saturated rings. The Balaban J connectivity index is 1.91. The average molecular weight is 343 g/mol. The number of hydrogen-bond donors (Lipinski definition) is 2. The number of amides is 1. The third-order valence-corrected chi connectivity index (χ3v) is 3.17. The van der Waals surface area contributed by atoms with Crippen molar-refractivity contribution >= 4 is 17.6 Å². The van der Waals surface area contributed by atoms with Crippen molar-refractivity contribution in [3.63, 3.8) is 0 Å². The largest absolute Gasteiger partial charge is 0.493 e. The summed E-state index contributed by atoms with van der Waals surface area (Å²) in [7, 11) is 0. The Morgan fingerprint density at radius 1 is 0.960 bits per heavy atom. The molecule has 0 unspecified atom stereocenters. The van der Waals surface area contributed by atoms with Gasteiger partial charge in [-0.15, -0.1) is 0 Å². The molecule has 0 aromatic heterocycles. The number of carboxylic acids is 1. The van der Waals surface area contributed by atoms with Crippen molar-refractivity contribution < 1.29 is 24.2 Å². The zero-order valence-corrected chi connectivity index (χ0v) is 14.2. The molecule has 6 heteroatoms. The van der Waals surface area contributed by atoms with Crippen LogP contribution in [0.3, 0.4) is 0 Å². The van der Waals surface area contributed by atoms with Gasteiger partial charge in [-0.1, -0.05) is 13.8 Å². The van der Waals surface area contributed by atoms with Crippen molar-refractivity contribution in [1.82, 2.24) is 0 Å². The normalized spacial score (nSPS) is 10.4. The third kappa shape index (κ3) is 6.18. The fourth-order valence-electron chi connectivity index (χ4n) is 1.95. The predicted molar refractivity (Wildman–Crippen MR) is 94.3 cm³/mol. The Kier molecular flexibility index (Phi) is 6.39. The maximum Gasteiger partial charge on any atom is 0.341 e. The molecule has 6 nitrogen and oxygen atoms in total. The molecule has 0 atom stereocenters. The fourth-order valence-corrected chi connectivity index (χ4v) is 1.95. The first-order chi connectivity index (χ1) is 11.9. The number of rotatable bonds is 8. The van der Waals surface area contributed by atoms with Gasteiger partial charge < -0.3 is 19.9 Å². The Morgan fingerprint density at radius 2 is 1.52 bits per heavy atom. The highest BCUT2D eigenvalue weighted by Crippen LogP contribution is 2.18. The zero-order valence-electron chi connectivity index (χ0n) is 14.2. The van der Waals surface area contributed by atoms with Crippen LogP contribution in [0, 0.1) is 5.92 Å². The number of nitrogens with one attached hydrogen (secondary N) is 1. The highest BCUT2D eigenvalue weighted by molar-refractivity contribution is 6.04. The van der Waals surface area contributed by atoms with Crippen molar-refractivity contribution in [3.05, 3.63) is 54.1 Å². The molecule has 0 heterocycles. The summed E-state index contributed by atoms with van der Waals surface area (Å²) in [6.45, 7) is 4.36. The van der Waals surface area contributed by atoms with E-state index in [1.807, 2.05) is 0 Å². The molecule has 2 N–H and O–H groups in total. The molecule has 0 aliphatic carbocycles. The molecule has 2 aromatic carbocycles. The first-order valence-electron chi connectivity index (χ1n) is 7.93. The van der Waals surface area contributed by atoms with Crippen LogP contribution in [-0.2, 0) is 4.79 Å². The highest BCUT2D eigenvalue weighted by Gasteiger charge is 2.07. The minimum atomic E-state index is -1.04. The van der Waals surface area contributed by atoms with Crippen LogP contribution >= 0.6 is 0 Å². The summed E-state index contributed by atoms with van der Waals surface area (Å²) < 4.78 is 10.6. The van der Waals surface area contributed by atoms with Crippen LogP contribution in [-0.4, -0.2) is 30.2 Å². The molecule has 0 saturated heterocycles. The molecule has 0 spiro atoms. The Morgan fingerprint density at radius 3 is 2.08 bits per heavy atom. The molecule has 2 rings (SSSR count). The minimum absolute atomic E-state index is 0.241. The number of aliphatic carboxylic acids is 1. The minimum Gasteiger partial charge on any atom is -0.493 e. The highest BCUT2D eigenvalue weighted by atomic mass is 16.5. The SMILES string of the molecule is CC(C)COc1ccc(C(=O)Nc2ccc(OCC(=O)O)cc2)cc1. The monoisotopic (exact) mass is 343 g/mol. The van der Waals surface area contributed by atoms with Crippen molar-refractivity contribution in [3.8, 4) is 11.5 Å². The molecule has 0 aliphatic rings. The van der Waals surface area contributed by atoms with E-state index in [9.17, 15) is 9.59 Å². The van der Waals surface area contributed by atoms with E-state index >= 15 is 0 Å². The van der Waals surface area contributed by atoms with E-state index in [1.165, 1.54) is 0 Å². The lowest BCUT2D eigenvalue weighted by atomic mass is 10.2. The zero-order chi connectivity index (χ0) is 18.2. The molecule has 2 aromatic rings. The van der Waals surface area contributed by atoms with Crippen LogP contribution < -0.4 is 14.8 Å². The van der Waals surface area contributed by atoms with E-state index < -0.39 is 12.6 Å². The lowest BCUT2D eigenvalue weighted by Crippen LogP contribution is -2.12. The van der Waals surface area contributed by atoms with Crippen LogP contribution in [0.1, 0.15) is 24.2 Å². The standard InChI is InChI=1S/C19H21NO5/c1-13(2)11-24-16-7-3-14(4-8-16)19(23)20-15-5-9-17(10-6-15)25-12-18(21)22/h3-10,13H,11-12H2,1-2H3,(H,20,23)(H,21,22). The number of carboxylic acid groups (broad SMARTS) is 1. The summed E-state index contributed by atoms with van der Waals surface area (Å²) in [6.07, 6.45) is 0. The Labute approximate surface area is 146 Å². The molecular formula is C19H21NO5. The van der Waals surface area contributed by atoms with E-state index in [1.54, 1.807) is 48.5 Å². The van der Waals surface area contributed by atoms with Gasteiger partial charge in [0.15, 0.2) is 6.61 Å². The van der Waals surface area contributed by atoms with Crippen molar-refractivity contribution in [2.45, 2.75) is 13.8 Å². The van der Waals surface area contributed by atoms with Crippen LogP contribution in [0.15, 0.2) is 48.5 Å². The van der Waals surface area contributed by atoms with E-state index in [-0.39, 0.29) is 5.91 Å². The lowest BCUT2D eigenvalue weighted by Gasteiger charge is -2.10. The number of ether oxygens (including phenoxy) is 2.